The lowest BCUT2D eigenvalue weighted by Gasteiger charge is -2.43. The molecule has 1 N–H and O–H groups in total. The van der Waals surface area contributed by atoms with E-state index in [2.05, 4.69) is 14.9 Å². The number of pyridine rings is 2. The molecule has 0 radical (unpaired) electrons. The molecule has 4 rings (SSSR count). The first-order valence-corrected chi connectivity index (χ1v) is 10.7. The van der Waals surface area contributed by atoms with Crippen LogP contribution in [-0.2, 0) is 6.61 Å². The van der Waals surface area contributed by atoms with Gasteiger partial charge >= 0.3 is 6.09 Å². The number of carboxylic acid groups (broad SMARTS) is 1. The van der Waals surface area contributed by atoms with Gasteiger partial charge in [0.25, 0.3) is 0 Å². The number of hydrogen-bond acceptors (Lipinski definition) is 6. The average molecular weight is 457 g/mol. The highest BCUT2D eigenvalue weighted by Gasteiger charge is 2.33. The van der Waals surface area contributed by atoms with E-state index in [0.717, 1.165) is 22.4 Å². The number of hydrogen-bond donors (Lipinski definition) is 1. The minimum atomic E-state index is -0.893. The summed E-state index contributed by atoms with van der Waals surface area (Å²) in [4.78, 5) is 24.1. The van der Waals surface area contributed by atoms with E-state index >= 15 is 0 Å². The molecule has 2 aromatic heterocycles. The molecule has 2 atom stereocenters. The topological polar surface area (TPSA) is 88.0 Å². The van der Waals surface area contributed by atoms with E-state index in [9.17, 15) is 9.90 Å². The Hall–Kier alpha value is -3.26. The van der Waals surface area contributed by atoms with Crippen molar-refractivity contribution in [2.45, 2.75) is 32.5 Å². The quantitative estimate of drug-likeness (QED) is 0.606. The van der Waals surface area contributed by atoms with E-state index in [0.29, 0.717) is 36.2 Å². The highest BCUT2D eigenvalue weighted by Crippen LogP contribution is 2.30. The molecule has 3 aromatic rings. The molecule has 0 unspecified atom stereocenters. The summed E-state index contributed by atoms with van der Waals surface area (Å²) in [5.74, 6) is 1.18. The van der Waals surface area contributed by atoms with Crippen LogP contribution in [0.15, 0.2) is 42.6 Å². The van der Waals surface area contributed by atoms with E-state index in [4.69, 9.17) is 21.1 Å². The van der Waals surface area contributed by atoms with Gasteiger partial charge in [0.2, 0.25) is 5.88 Å². The maximum absolute atomic E-state index is 11.5. The lowest BCUT2D eigenvalue weighted by molar-refractivity contribution is 0.0982. The second kappa shape index (κ2) is 9.08. The van der Waals surface area contributed by atoms with Crippen LogP contribution in [-0.4, -0.2) is 58.4 Å². The third-order valence-electron chi connectivity index (χ3n) is 5.63. The Labute approximate surface area is 191 Å². The molecule has 0 saturated carbocycles. The average Bonchev–Trinajstić information content (AvgIpc) is 2.77. The minimum absolute atomic E-state index is 0.130. The fraction of sp³-hybridized carbons (Fsp3) is 0.348. The molecule has 1 aromatic carbocycles. The summed E-state index contributed by atoms with van der Waals surface area (Å²) >= 11 is 6.54. The van der Waals surface area contributed by atoms with Crippen molar-refractivity contribution in [2.24, 2.45) is 0 Å². The van der Waals surface area contributed by atoms with E-state index in [1.807, 2.05) is 44.2 Å². The minimum Gasteiger partial charge on any atom is -0.497 e. The number of carbonyl (C=O) groups is 1. The SMILES string of the molecule is COc1ccc(COc2cc(Cl)c3cc(N4C[C@@H](C)N(C(=O)O)[C@@H](C)C4)cnc3n2)cc1. The van der Waals surface area contributed by atoms with Crippen molar-refractivity contribution in [3.05, 3.63) is 53.2 Å². The normalized spacial score (nSPS) is 18.6. The fourth-order valence-electron chi connectivity index (χ4n) is 4.07. The Morgan fingerprint density at radius 3 is 2.50 bits per heavy atom. The third kappa shape index (κ3) is 4.50. The van der Waals surface area contributed by atoms with Gasteiger partial charge in [-0.1, -0.05) is 23.7 Å². The van der Waals surface area contributed by atoms with Crippen molar-refractivity contribution < 1.29 is 19.4 Å². The Kier molecular flexibility index (Phi) is 6.23. The molecule has 1 saturated heterocycles. The maximum atomic E-state index is 11.5. The Bertz CT molecular complexity index is 1110. The van der Waals surface area contributed by atoms with Gasteiger partial charge in [0.1, 0.15) is 12.4 Å². The monoisotopic (exact) mass is 456 g/mol. The van der Waals surface area contributed by atoms with Gasteiger partial charge < -0.3 is 19.5 Å². The lowest BCUT2D eigenvalue weighted by atomic mass is 10.1. The van der Waals surface area contributed by atoms with Gasteiger partial charge in [0.05, 0.1) is 36.1 Å². The number of aromatic nitrogens is 2. The number of halogens is 1. The van der Waals surface area contributed by atoms with Crippen molar-refractivity contribution in [2.75, 3.05) is 25.1 Å². The van der Waals surface area contributed by atoms with Gasteiger partial charge in [0, 0.05) is 24.5 Å². The lowest BCUT2D eigenvalue weighted by Crippen LogP contribution is -2.58. The first-order valence-electron chi connectivity index (χ1n) is 10.3. The van der Waals surface area contributed by atoms with Crippen molar-refractivity contribution in [1.82, 2.24) is 14.9 Å². The van der Waals surface area contributed by atoms with Crippen LogP contribution in [0.3, 0.4) is 0 Å². The molecule has 1 aliphatic rings. The Balaban J connectivity index is 1.51. The Morgan fingerprint density at radius 1 is 1.19 bits per heavy atom. The molecule has 3 heterocycles. The first-order chi connectivity index (χ1) is 15.4. The third-order valence-corrected chi connectivity index (χ3v) is 5.94. The van der Waals surface area contributed by atoms with Crippen LogP contribution in [0.25, 0.3) is 11.0 Å². The van der Waals surface area contributed by atoms with Crippen molar-refractivity contribution >= 4 is 34.4 Å². The van der Waals surface area contributed by atoms with Crippen molar-refractivity contribution in [3.63, 3.8) is 0 Å². The van der Waals surface area contributed by atoms with Crippen LogP contribution in [0.5, 0.6) is 11.6 Å². The molecule has 168 valence electrons. The second-order valence-corrected chi connectivity index (χ2v) is 8.34. The molecule has 0 bridgehead atoms. The second-order valence-electron chi connectivity index (χ2n) is 7.94. The van der Waals surface area contributed by atoms with Crippen molar-refractivity contribution in [3.8, 4) is 11.6 Å². The molecule has 1 amide bonds. The van der Waals surface area contributed by atoms with Crippen LogP contribution in [0, 0.1) is 0 Å². The van der Waals surface area contributed by atoms with E-state index < -0.39 is 6.09 Å². The highest BCUT2D eigenvalue weighted by atomic mass is 35.5. The Morgan fingerprint density at radius 2 is 1.88 bits per heavy atom. The largest absolute Gasteiger partial charge is 0.497 e. The van der Waals surface area contributed by atoms with Crippen LogP contribution < -0.4 is 14.4 Å². The molecule has 32 heavy (non-hydrogen) atoms. The first kappa shape index (κ1) is 22.0. The number of fused-ring (bicyclic) bond motifs is 1. The van der Waals surface area contributed by atoms with Gasteiger partial charge in [-0.25, -0.2) is 9.78 Å². The fourth-order valence-corrected chi connectivity index (χ4v) is 4.30. The van der Waals surface area contributed by atoms with Crippen LogP contribution in [0.2, 0.25) is 5.02 Å². The summed E-state index contributed by atoms with van der Waals surface area (Å²) in [6, 6.07) is 11.0. The molecule has 0 spiro atoms. The molecule has 1 aliphatic heterocycles. The summed E-state index contributed by atoms with van der Waals surface area (Å²) in [5.41, 5.74) is 2.36. The van der Waals surface area contributed by atoms with Crippen LogP contribution in [0.4, 0.5) is 10.5 Å². The number of nitrogens with zero attached hydrogens (tertiary/aromatic N) is 4. The number of ether oxygens (including phenoxy) is 2. The van der Waals surface area contributed by atoms with Gasteiger partial charge in [-0.15, -0.1) is 0 Å². The number of amides is 1. The zero-order valence-corrected chi connectivity index (χ0v) is 18.9. The molecule has 8 nitrogen and oxygen atoms in total. The predicted octanol–water partition coefficient (Wildman–Crippen LogP) is 4.45. The number of benzene rings is 1. The molecule has 0 aliphatic carbocycles. The molecule has 9 heteroatoms. The van der Waals surface area contributed by atoms with Crippen molar-refractivity contribution in [1.29, 1.82) is 0 Å². The van der Waals surface area contributed by atoms with Gasteiger partial charge in [0.15, 0.2) is 5.65 Å². The summed E-state index contributed by atoms with van der Waals surface area (Å²) < 4.78 is 11.0. The summed E-state index contributed by atoms with van der Waals surface area (Å²) in [7, 11) is 1.63. The number of piperazine rings is 1. The van der Waals surface area contributed by atoms with E-state index in [1.54, 1.807) is 19.4 Å². The number of rotatable bonds is 5. The smallest absolute Gasteiger partial charge is 0.407 e. The van der Waals surface area contributed by atoms with Crippen LogP contribution in [0.1, 0.15) is 19.4 Å². The molecular weight excluding hydrogens is 432 g/mol. The highest BCUT2D eigenvalue weighted by molar-refractivity contribution is 6.35. The predicted molar refractivity (Wildman–Crippen MR) is 123 cm³/mol. The van der Waals surface area contributed by atoms with E-state index in [-0.39, 0.29) is 12.1 Å². The van der Waals surface area contributed by atoms with Crippen LogP contribution >= 0.6 is 11.6 Å². The maximum Gasteiger partial charge on any atom is 0.407 e. The zero-order valence-electron chi connectivity index (χ0n) is 18.2. The zero-order chi connectivity index (χ0) is 22.8. The van der Waals surface area contributed by atoms with Gasteiger partial charge in [-0.3, -0.25) is 4.90 Å². The summed E-state index contributed by atoms with van der Waals surface area (Å²) in [5, 5.41) is 10.7. The number of methoxy groups -OCH3 is 1. The molecular formula is C23H25ClN4O4. The molecule has 1 fully saturated rings. The number of anilines is 1. The summed E-state index contributed by atoms with van der Waals surface area (Å²) in [6.07, 6.45) is 0.852. The van der Waals surface area contributed by atoms with E-state index in [1.165, 1.54) is 4.90 Å². The standard InChI is InChI=1S/C23H25ClN4O4/c1-14-11-27(12-15(2)28(14)23(29)30)17-8-19-20(24)9-21(26-22(19)25-10-17)32-13-16-4-6-18(31-3)7-5-16/h4-10,14-15H,11-13H2,1-3H3,(H,29,30)/t14-,15+. The van der Waals surface area contributed by atoms with Gasteiger partial charge in [-0.2, -0.15) is 4.98 Å². The summed E-state index contributed by atoms with van der Waals surface area (Å²) in [6.45, 7) is 5.33. The van der Waals surface area contributed by atoms with Gasteiger partial charge in [-0.05, 0) is 37.6 Å².